The third-order valence-corrected chi connectivity index (χ3v) is 5.60. The van der Waals surface area contributed by atoms with Crippen molar-refractivity contribution < 1.29 is 19.1 Å². The molecule has 2 aromatic rings. The van der Waals surface area contributed by atoms with Gasteiger partial charge in [0.25, 0.3) is 0 Å². The molecule has 0 atom stereocenters. The highest BCUT2D eigenvalue weighted by atomic mass is 35.5. The van der Waals surface area contributed by atoms with Gasteiger partial charge in [0.1, 0.15) is 11.5 Å². The highest BCUT2D eigenvalue weighted by Crippen LogP contribution is 2.29. The lowest BCUT2D eigenvalue weighted by molar-refractivity contribution is -0.132. The normalized spacial score (nSPS) is 14.2. The summed E-state index contributed by atoms with van der Waals surface area (Å²) < 4.78 is 11.2. The number of nitrogens with zero attached hydrogens (tertiary/aromatic N) is 2. The van der Waals surface area contributed by atoms with Gasteiger partial charge in [-0.25, -0.2) is 0 Å². The SMILES string of the molecule is CCOc1ccc(OCC)c(NC(=O)CN2CCN(C(=O)Cc3ccccc3Cl)CC2)c1. The molecule has 1 N–H and O–H groups in total. The number of carbonyl (C=O) groups is 2. The Balaban J connectivity index is 1.51. The fraction of sp³-hybridized carbons (Fsp3) is 0.417. The lowest BCUT2D eigenvalue weighted by Gasteiger charge is -2.34. The highest BCUT2D eigenvalue weighted by Gasteiger charge is 2.23. The van der Waals surface area contributed by atoms with E-state index in [0.29, 0.717) is 61.6 Å². The fourth-order valence-electron chi connectivity index (χ4n) is 3.61. The zero-order valence-electron chi connectivity index (χ0n) is 18.6. The Morgan fingerprint density at radius 2 is 1.72 bits per heavy atom. The molecular formula is C24H30ClN3O4. The molecule has 2 aromatic carbocycles. The van der Waals surface area contributed by atoms with Gasteiger partial charge in [-0.05, 0) is 37.6 Å². The summed E-state index contributed by atoms with van der Waals surface area (Å²) in [6, 6.07) is 12.8. The van der Waals surface area contributed by atoms with Gasteiger partial charge in [-0.3, -0.25) is 14.5 Å². The van der Waals surface area contributed by atoms with Gasteiger partial charge in [-0.1, -0.05) is 29.8 Å². The molecule has 0 saturated carbocycles. The predicted molar refractivity (Wildman–Crippen MR) is 126 cm³/mol. The van der Waals surface area contributed by atoms with E-state index in [1.807, 2.05) is 47.9 Å². The Kier molecular flexibility index (Phi) is 8.76. The maximum Gasteiger partial charge on any atom is 0.238 e. The molecular weight excluding hydrogens is 430 g/mol. The van der Waals surface area contributed by atoms with Gasteiger partial charge in [0.15, 0.2) is 0 Å². The number of amides is 2. The minimum Gasteiger partial charge on any atom is -0.494 e. The molecule has 1 fully saturated rings. The van der Waals surface area contributed by atoms with E-state index in [-0.39, 0.29) is 24.8 Å². The van der Waals surface area contributed by atoms with E-state index in [1.165, 1.54) is 0 Å². The van der Waals surface area contributed by atoms with Crippen molar-refractivity contribution in [2.75, 3.05) is 51.3 Å². The van der Waals surface area contributed by atoms with Crippen molar-refractivity contribution >= 4 is 29.1 Å². The summed E-state index contributed by atoms with van der Waals surface area (Å²) in [6.45, 7) is 7.54. The molecule has 1 saturated heterocycles. The largest absolute Gasteiger partial charge is 0.494 e. The summed E-state index contributed by atoms with van der Waals surface area (Å²) in [5.41, 5.74) is 1.43. The Hall–Kier alpha value is -2.77. The number of nitrogens with one attached hydrogen (secondary N) is 1. The van der Waals surface area contributed by atoms with Gasteiger partial charge in [0.05, 0.1) is 31.9 Å². The van der Waals surface area contributed by atoms with Gasteiger partial charge in [-0.15, -0.1) is 0 Å². The van der Waals surface area contributed by atoms with Crippen molar-refractivity contribution in [1.29, 1.82) is 0 Å². The second-order valence-electron chi connectivity index (χ2n) is 7.50. The first-order valence-corrected chi connectivity index (χ1v) is 11.3. The van der Waals surface area contributed by atoms with Crippen LogP contribution in [0.15, 0.2) is 42.5 Å². The number of benzene rings is 2. The molecule has 1 aliphatic rings. The molecule has 1 aliphatic heterocycles. The average molecular weight is 460 g/mol. The van der Waals surface area contributed by atoms with Gasteiger partial charge >= 0.3 is 0 Å². The van der Waals surface area contributed by atoms with Gasteiger partial charge < -0.3 is 19.7 Å². The number of hydrogen-bond acceptors (Lipinski definition) is 5. The maximum absolute atomic E-state index is 12.7. The zero-order valence-corrected chi connectivity index (χ0v) is 19.4. The van der Waals surface area contributed by atoms with E-state index >= 15 is 0 Å². The second kappa shape index (κ2) is 11.7. The van der Waals surface area contributed by atoms with Gasteiger partial charge in [0, 0.05) is 37.3 Å². The monoisotopic (exact) mass is 459 g/mol. The quantitative estimate of drug-likeness (QED) is 0.621. The van der Waals surface area contributed by atoms with E-state index in [0.717, 1.165) is 5.56 Å². The summed E-state index contributed by atoms with van der Waals surface area (Å²) in [5.74, 6) is 1.21. The van der Waals surface area contributed by atoms with Crippen molar-refractivity contribution in [3.05, 3.63) is 53.1 Å². The van der Waals surface area contributed by atoms with Crippen LogP contribution in [0.3, 0.4) is 0 Å². The molecule has 0 aromatic heterocycles. The Morgan fingerprint density at radius 1 is 1.00 bits per heavy atom. The third-order valence-electron chi connectivity index (χ3n) is 5.23. The average Bonchev–Trinajstić information content (AvgIpc) is 2.78. The Labute approximate surface area is 194 Å². The topological polar surface area (TPSA) is 71.1 Å². The smallest absolute Gasteiger partial charge is 0.238 e. The van der Waals surface area contributed by atoms with Crippen LogP contribution in [0.1, 0.15) is 19.4 Å². The summed E-state index contributed by atoms with van der Waals surface area (Å²) >= 11 is 6.17. The number of rotatable bonds is 9. The minimum absolute atomic E-state index is 0.0521. The van der Waals surface area contributed by atoms with Crippen LogP contribution >= 0.6 is 11.6 Å². The van der Waals surface area contributed by atoms with Crippen LogP contribution in [0.25, 0.3) is 0 Å². The van der Waals surface area contributed by atoms with E-state index in [4.69, 9.17) is 21.1 Å². The molecule has 7 nitrogen and oxygen atoms in total. The van der Waals surface area contributed by atoms with Crippen molar-refractivity contribution in [2.24, 2.45) is 0 Å². The number of ether oxygens (including phenoxy) is 2. The van der Waals surface area contributed by atoms with E-state index in [2.05, 4.69) is 5.32 Å². The van der Waals surface area contributed by atoms with Crippen molar-refractivity contribution in [3.8, 4) is 11.5 Å². The summed E-state index contributed by atoms with van der Waals surface area (Å²) in [7, 11) is 0. The van der Waals surface area contributed by atoms with E-state index in [1.54, 1.807) is 18.2 Å². The van der Waals surface area contributed by atoms with Crippen LogP contribution < -0.4 is 14.8 Å². The van der Waals surface area contributed by atoms with Gasteiger partial charge in [-0.2, -0.15) is 0 Å². The third kappa shape index (κ3) is 6.61. The molecule has 2 amide bonds. The molecule has 0 unspecified atom stereocenters. The summed E-state index contributed by atoms with van der Waals surface area (Å²) in [4.78, 5) is 29.1. The number of piperazine rings is 1. The standard InChI is InChI=1S/C24H30ClN3O4/c1-3-31-19-9-10-22(32-4-2)21(16-19)26-23(29)17-27-11-13-28(14-12-27)24(30)15-18-7-5-6-8-20(18)25/h5-10,16H,3-4,11-15,17H2,1-2H3,(H,26,29). The predicted octanol–water partition coefficient (Wildman–Crippen LogP) is 3.46. The van der Waals surface area contributed by atoms with E-state index < -0.39 is 0 Å². The molecule has 3 rings (SSSR count). The molecule has 0 radical (unpaired) electrons. The van der Waals surface area contributed by atoms with Crippen molar-refractivity contribution in [3.63, 3.8) is 0 Å². The molecule has 0 spiro atoms. The van der Waals surface area contributed by atoms with Crippen LogP contribution in [0, 0.1) is 0 Å². The fourth-order valence-corrected chi connectivity index (χ4v) is 3.81. The number of halogens is 1. The lowest BCUT2D eigenvalue weighted by Crippen LogP contribution is -2.50. The Bertz CT molecular complexity index is 929. The first kappa shape index (κ1) is 23.9. The zero-order chi connectivity index (χ0) is 22.9. The van der Waals surface area contributed by atoms with Gasteiger partial charge in [0.2, 0.25) is 11.8 Å². The maximum atomic E-state index is 12.7. The first-order chi connectivity index (χ1) is 15.5. The second-order valence-corrected chi connectivity index (χ2v) is 7.90. The van der Waals surface area contributed by atoms with Crippen molar-refractivity contribution in [2.45, 2.75) is 20.3 Å². The minimum atomic E-state index is -0.129. The molecule has 8 heteroatoms. The molecule has 172 valence electrons. The first-order valence-electron chi connectivity index (χ1n) is 10.9. The highest BCUT2D eigenvalue weighted by molar-refractivity contribution is 6.31. The van der Waals surface area contributed by atoms with Crippen LogP contribution in [0.2, 0.25) is 5.02 Å². The van der Waals surface area contributed by atoms with Crippen LogP contribution in [0.4, 0.5) is 5.69 Å². The summed E-state index contributed by atoms with van der Waals surface area (Å²) in [6.07, 6.45) is 0.288. The molecule has 32 heavy (non-hydrogen) atoms. The summed E-state index contributed by atoms with van der Waals surface area (Å²) in [5, 5.41) is 3.54. The Morgan fingerprint density at radius 3 is 2.41 bits per heavy atom. The molecule has 0 bridgehead atoms. The van der Waals surface area contributed by atoms with E-state index in [9.17, 15) is 9.59 Å². The van der Waals surface area contributed by atoms with Crippen LogP contribution in [0.5, 0.6) is 11.5 Å². The number of anilines is 1. The number of hydrogen-bond donors (Lipinski definition) is 1. The van der Waals surface area contributed by atoms with Crippen molar-refractivity contribution in [1.82, 2.24) is 9.80 Å². The lowest BCUT2D eigenvalue weighted by atomic mass is 10.1. The van der Waals surface area contributed by atoms with Crippen LogP contribution in [-0.2, 0) is 16.0 Å². The molecule has 0 aliphatic carbocycles. The van der Waals surface area contributed by atoms with Crippen LogP contribution in [-0.4, -0.2) is 67.6 Å². The molecule has 1 heterocycles. The number of carbonyl (C=O) groups excluding carboxylic acids is 2.